The highest BCUT2D eigenvalue weighted by molar-refractivity contribution is 6.06. The first-order valence-corrected chi connectivity index (χ1v) is 21.3. The number of carbonyl (C=O) groups excluding carboxylic acids is 5. The smallest absolute Gasteiger partial charge is 0.416 e. The van der Waals surface area contributed by atoms with Crippen molar-refractivity contribution in [1.82, 2.24) is 14.0 Å². The molecular formula is C47H56N6O9. The molecule has 2 saturated heterocycles. The van der Waals surface area contributed by atoms with Crippen LogP contribution in [0.5, 0.6) is 5.75 Å². The van der Waals surface area contributed by atoms with Crippen LogP contribution < -0.4 is 20.3 Å². The second kappa shape index (κ2) is 19.7. The van der Waals surface area contributed by atoms with E-state index in [-0.39, 0.29) is 49.6 Å². The Bertz CT molecular complexity index is 2310. The molecule has 3 aliphatic heterocycles. The minimum absolute atomic E-state index is 0.0248. The van der Waals surface area contributed by atoms with Crippen molar-refractivity contribution in [3.63, 3.8) is 0 Å². The molecule has 0 aliphatic carbocycles. The first kappa shape index (κ1) is 43.9. The van der Waals surface area contributed by atoms with Gasteiger partial charge in [0, 0.05) is 64.2 Å². The van der Waals surface area contributed by atoms with Crippen molar-refractivity contribution in [1.29, 1.82) is 0 Å². The quantitative estimate of drug-likeness (QED) is 0.0703. The molecule has 3 atom stereocenters. The molecule has 5 heterocycles. The molecule has 328 valence electrons. The highest BCUT2D eigenvalue weighted by Gasteiger charge is 2.46. The lowest BCUT2D eigenvalue weighted by Gasteiger charge is -2.42. The van der Waals surface area contributed by atoms with Crippen LogP contribution in [0.2, 0.25) is 0 Å². The third-order valence-corrected chi connectivity index (χ3v) is 11.5. The van der Waals surface area contributed by atoms with Gasteiger partial charge in [-0.1, -0.05) is 30.4 Å². The molecule has 7 rings (SSSR count). The minimum atomic E-state index is -0.858. The van der Waals surface area contributed by atoms with E-state index >= 15 is 0 Å². The van der Waals surface area contributed by atoms with Gasteiger partial charge in [-0.3, -0.25) is 19.2 Å². The molecule has 2 N–H and O–H groups in total. The van der Waals surface area contributed by atoms with E-state index in [0.717, 1.165) is 31.2 Å². The fourth-order valence-electron chi connectivity index (χ4n) is 8.31. The van der Waals surface area contributed by atoms with Gasteiger partial charge < -0.3 is 43.6 Å². The predicted molar refractivity (Wildman–Crippen MR) is 234 cm³/mol. The minimum Gasteiger partial charge on any atom is -0.493 e. The van der Waals surface area contributed by atoms with Crippen molar-refractivity contribution in [2.75, 3.05) is 41.9 Å². The normalized spacial score (nSPS) is 18.6. The van der Waals surface area contributed by atoms with E-state index < -0.39 is 24.7 Å². The van der Waals surface area contributed by atoms with Crippen LogP contribution in [0.1, 0.15) is 99.4 Å². The summed E-state index contributed by atoms with van der Waals surface area (Å²) in [5, 5.41) is 5.77. The predicted octanol–water partition coefficient (Wildman–Crippen LogP) is 7.46. The number of hydrogen-bond acceptors (Lipinski definition) is 9. The summed E-state index contributed by atoms with van der Waals surface area (Å²) in [6.07, 6.45) is 8.34. The van der Waals surface area contributed by atoms with Gasteiger partial charge in [0.15, 0.2) is 18.3 Å². The summed E-state index contributed by atoms with van der Waals surface area (Å²) in [5.41, 5.74) is 5.14. The zero-order valence-electron chi connectivity index (χ0n) is 35.9. The second-order valence-electron chi connectivity index (χ2n) is 16.2. The Morgan fingerprint density at radius 1 is 0.903 bits per heavy atom. The van der Waals surface area contributed by atoms with E-state index in [1.165, 1.54) is 11.0 Å². The van der Waals surface area contributed by atoms with Crippen LogP contribution in [-0.2, 0) is 39.5 Å². The third-order valence-electron chi connectivity index (χ3n) is 11.5. The lowest BCUT2D eigenvalue weighted by Crippen LogP contribution is -2.57. The maximum atomic E-state index is 14.2. The van der Waals surface area contributed by atoms with Gasteiger partial charge in [0.1, 0.15) is 18.1 Å². The number of nitrogens with one attached hydrogen (secondary N) is 2. The van der Waals surface area contributed by atoms with Crippen LogP contribution in [0.3, 0.4) is 0 Å². The number of hydrogen-bond donors (Lipinski definition) is 2. The number of rotatable bonds is 15. The molecular weight excluding hydrogens is 793 g/mol. The number of aryl methyl sites for hydroxylation is 4. The molecule has 15 heteroatoms. The Kier molecular flexibility index (Phi) is 13.9. The Hall–Kier alpha value is -6.19. The van der Waals surface area contributed by atoms with Gasteiger partial charge in [0.2, 0.25) is 5.91 Å². The number of ether oxygens (including phenoxy) is 4. The number of piperidine rings is 1. The average molecular weight is 849 g/mol. The number of Topliss-reactive ketones (excluding diaryl/α,β-unsaturated/α-hetero) is 1. The van der Waals surface area contributed by atoms with Crippen molar-refractivity contribution >= 4 is 46.7 Å². The summed E-state index contributed by atoms with van der Waals surface area (Å²) in [6, 6.07) is 13.9. The van der Waals surface area contributed by atoms with Crippen molar-refractivity contribution in [3.05, 3.63) is 107 Å². The van der Waals surface area contributed by atoms with E-state index in [9.17, 15) is 24.0 Å². The fourth-order valence-corrected chi connectivity index (χ4v) is 8.31. The van der Waals surface area contributed by atoms with E-state index in [1.807, 2.05) is 43.0 Å². The molecule has 0 saturated carbocycles. The molecule has 0 spiro atoms. The largest absolute Gasteiger partial charge is 0.493 e. The molecule has 15 nitrogen and oxygen atoms in total. The Labute approximate surface area is 361 Å². The highest BCUT2D eigenvalue weighted by atomic mass is 16.7. The van der Waals surface area contributed by atoms with Gasteiger partial charge in [0.05, 0.1) is 35.3 Å². The van der Waals surface area contributed by atoms with Gasteiger partial charge in [-0.2, -0.15) is 0 Å². The van der Waals surface area contributed by atoms with E-state index in [2.05, 4.69) is 17.2 Å². The molecule has 2 fully saturated rings. The number of aromatic nitrogens is 2. The van der Waals surface area contributed by atoms with Crippen LogP contribution in [0.25, 0.3) is 0 Å². The summed E-state index contributed by atoms with van der Waals surface area (Å²) < 4.78 is 27.7. The average Bonchev–Trinajstić information content (AvgIpc) is 3.80. The van der Waals surface area contributed by atoms with Crippen LogP contribution in [0, 0.1) is 13.8 Å². The number of carbonyl (C=O) groups is 5. The maximum Gasteiger partial charge on any atom is 0.416 e. The number of benzene rings is 2. The number of ketones is 1. The summed E-state index contributed by atoms with van der Waals surface area (Å²) >= 11 is 0. The van der Waals surface area contributed by atoms with Crippen molar-refractivity contribution in [2.45, 2.75) is 90.2 Å². The molecule has 4 aromatic rings. The standard InChI is InChI=1S/C47H56N6O9/c1-6-20-61-47(58)53-37-27-41(31(3)23-35(37)45(57)52-19-9-7-12-36(52)46(53)62-43-14-8-10-21-60-43)59-22-11-13-42(55)48-34-26-38(51(5)29-34)40(54)25-32-24-39(50(4)28-32)44(56)49-33-17-15-30(2)16-18-33/h6,15-18,23-24,26-29,36,43,46H,1,7-14,19-22,25H2,2-5H3,(H,48,55)(H,49,56)/t36-,43?,46?/m0/s1. The molecule has 2 aromatic heterocycles. The Morgan fingerprint density at radius 3 is 2.44 bits per heavy atom. The molecule has 2 unspecified atom stereocenters. The Morgan fingerprint density at radius 2 is 1.68 bits per heavy atom. The molecule has 62 heavy (non-hydrogen) atoms. The maximum absolute atomic E-state index is 14.2. The molecule has 3 aliphatic rings. The van der Waals surface area contributed by atoms with E-state index in [4.69, 9.17) is 18.9 Å². The SMILES string of the molecule is C=CCOC(=O)N1c2cc(OCCCC(=O)Nc3cc(C(=O)Cc4cc(C(=O)Nc5ccc(C)cc5)n(C)c4)n(C)c3)c(C)cc2C(=O)N2CCCC[C@H]2C1OC1CCCCO1. The van der Waals surface area contributed by atoms with Crippen LogP contribution in [-0.4, -0.2) is 88.6 Å². The molecule has 4 amide bonds. The first-order chi connectivity index (χ1) is 29.9. The Balaban J connectivity index is 0.979. The number of anilines is 3. The first-order valence-electron chi connectivity index (χ1n) is 21.3. The molecule has 0 bridgehead atoms. The topological polar surface area (TPSA) is 163 Å². The van der Waals surface area contributed by atoms with Gasteiger partial charge in [-0.15, -0.1) is 0 Å². The molecule has 2 aromatic carbocycles. The zero-order valence-corrected chi connectivity index (χ0v) is 35.9. The summed E-state index contributed by atoms with van der Waals surface area (Å²) in [4.78, 5) is 70.8. The summed E-state index contributed by atoms with van der Waals surface area (Å²) in [7, 11) is 3.50. The van der Waals surface area contributed by atoms with Gasteiger partial charge in [0.25, 0.3) is 11.8 Å². The third kappa shape index (κ3) is 10.1. The summed E-state index contributed by atoms with van der Waals surface area (Å²) in [6.45, 7) is 8.75. The van der Waals surface area contributed by atoms with Gasteiger partial charge >= 0.3 is 6.09 Å². The van der Waals surface area contributed by atoms with Crippen molar-refractivity contribution in [3.8, 4) is 5.75 Å². The van der Waals surface area contributed by atoms with Crippen molar-refractivity contribution in [2.24, 2.45) is 14.1 Å². The number of amides is 4. The van der Waals surface area contributed by atoms with E-state index in [0.29, 0.717) is 83.3 Å². The number of fused-ring (bicyclic) bond motifs is 2. The van der Waals surface area contributed by atoms with Gasteiger partial charge in [-0.25, -0.2) is 9.69 Å². The van der Waals surface area contributed by atoms with Crippen LogP contribution in [0.15, 0.2) is 73.6 Å². The number of nitrogens with zero attached hydrogens (tertiary/aromatic N) is 4. The monoisotopic (exact) mass is 848 g/mol. The van der Waals surface area contributed by atoms with Gasteiger partial charge in [-0.05, 0) is 100 Å². The lowest BCUT2D eigenvalue weighted by atomic mass is 10.00. The van der Waals surface area contributed by atoms with E-state index in [1.54, 1.807) is 59.9 Å². The fraction of sp³-hybridized carbons (Fsp3) is 0.426. The zero-order chi connectivity index (χ0) is 43.9. The van der Waals surface area contributed by atoms with Crippen molar-refractivity contribution < 1.29 is 42.9 Å². The van der Waals surface area contributed by atoms with Crippen LogP contribution >= 0.6 is 0 Å². The highest BCUT2D eigenvalue weighted by Crippen LogP contribution is 2.40. The lowest BCUT2D eigenvalue weighted by molar-refractivity contribution is -0.198. The molecule has 0 radical (unpaired) electrons. The summed E-state index contributed by atoms with van der Waals surface area (Å²) in [5.74, 6) is -0.435. The van der Waals surface area contributed by atoms with Crippen LogP contribution in [0.4, 0.5) is 21.9 Å². The second-order valence-corrected chi connectivity index (χ2v) is 16.2.